The summed E-state index contributed by atoms with van der Waals surface area (Å²) < 4.78 is 65.0. The van der Waals surface area contributed by atoms with Crippen molar-refractivity contribution >= 4 is 25.7 Å². The molecule has 0 atom stereocenters. The number of sulfonamides is 2. The molecule has 22 heavy (non-hydrogen) atoms. The fourth-order valence-electron chi connectivity index (χ4n) is 2.01. The Morgan fingerprint density at radius 3 is 2.41 bits per heavy atom. The van der Waals surface area contributed by atoms with Gasteiger partial charge in [-0.15, -0.1) is 0 Å². The average Bonchev–Trinajstić information content (AvgIpc) is 2.50. The van der Waals surface area contributed by atoms with Crippen molar-refractivity contribution < 1.29 is 21.2 Å². The van der Waals surface area contributed by atoms with Gasteiger partial charge in [-0.05, 0) is 25.1 Å². The van der Waals surface area contributed by atoms with Crippen molar-refractivity contribution in [2.45, 2.75) is 11.8 Å². The Hall–Kier alpha value is -1.23. The molecule has 0 radical (unpaired) electrons. The van der Waals surface area contributed by atoms with Crippen LogP contribution in [0.15, 0.2) is 23.1 Å². The van der Waals surface area contributed by atoms with Crippen LogP contribution in [-0.4, -0.2) is 53.1 Å². The Bertz CT molecular complexity index is 744. The minimum Gasteiger partial charge on any atom is -0.314 e. The summed E-state index contributed by atoms with van der Waals surface area (Å²) in [6.07, 6.45) is 0. The summed E-state index contributed by atoms with van der Waals surface area (Å²) in [6, 6.07) is 3.16. The molecule has 1 fully saturated rings. The number of nitrogens with zero attached hydrogens (tertiary/aromatic N) is 1. The van der Waals surface area contributed by atoms with E-state index in [1.54, 1.807) is 0 Å². The molecule has 0 amide bonds. The zero-order valence-electron chi connectivity index (χ0n) is 12.0. The van der Waals surface area contributed by atoms with Gasteiger partial charge in [0.2, 0.25) is 20.0 Å². The van der Waals surface area contributed by atoms with Crippen LogP contribution in [-0.2, 0) is 20.0 Å². The van der Waals surface area contributed by atoms with Gasteiger partial charge in [0.25, 0.3) is 0 Å². The van der Waals surface area contributed by atoms with Crippen molar-refractivity contribution in [2.24, 2.45) is 0 Å². The van der Waals surface area contributed by atoms with E-state index in [1.165, 1.54) is 17.3 Å². The Kier molecular flexibility index (Phi) is 5.05. The van der Waals surface area contributed by atoms with Crippen molar-refractivity contribution in [3.8, 4) is 0 Å². The van der Waals surface area contributed by atoms with Crippen molar-refractivity contribution in [1.82, 2.24) is 9.62 Å². The highest BCUT2D eigenvalue weighted by atomic mass is 32.2. The van der Waals surface area contributed by atoms with Crippen molar-refractivity contribution in [3.63, 3.8) is 0 Å². The highest BCUT2D eigenvalue weighted by Crippen LogP contribution is 2.22. The minimum absolute atomic E-state index is 0.189. The zero-order valence-corrected chi connectivity index (χ0v) is 13.7. The van der Waals surface area contributed by atoms with Gasteiger partial charge < -0.3 is 5.32 Å². The van der Waals surface area contributed by atoms with Crippen LogP contribution in [0.5, 0.6) is 0 Å². The van der Waals surface area contributed by atoms with Crippen LogP contribution in [0.25, 0.3) is 0 Å². The molecule has 0 aromatic heterocycles. The molecule has 7 nitrogen and oxygen atoms in total. The predicted molar refractivity (Wildman–Crippen MR) is 81.1 cm³/mol. The molecular formula is C12H18FN3O4S2. The van der Waals surface area contributed by atoms with Crippen LogP contribution >= 0.6 is 0 Å². The number of halogens is 1. The first kappa shape index (κ1) is 17.1. The summed E-state index contributed by atoms with van der Waals surface area (Å²) in [7, 11) is -7.40. The van der Waals surface area contributed by atoms with Crippen molar-refractivity contribution in [2.75, 3.05) is 36.7 Å². The van der Waals surface area contributed by atoms with Gasteiger partial charge in [-0.1, -0.05) is 0 Å². The topological polar surface area (TPSA) is 95.6 Å². The molecule has 1 saturated heterocycles. The van der Waals surface area contributed by atoms with Gasteiger partial charge in [-0.2, -0.15) is 4.31 Å². The minimum atomic E-state index is -3.77. The fraction of sp³-hybridized carbons (Fsp3) is 0.500. The molecule has 10 heteroatoms. The lowest BCUT2D eigenvalue weighted by Crippen LogP contribution is -2.46. The predicted octanol–water partition coefficient (Wildman–Crippen LogP) is 0.181. The number of anilines is 1. The largest absolute Gasteiger partial charge is 0.314 e. The van der Waals surface area contributed by atoms with E-state index in [0.29, 0.717) is 26.2 Å². The SMILES string of the molecule is CCS(=O)(=O)Nc1ccc(S(=O)(=O)N2CCNCC2)cc1F. The second-order valence-corrected chi connectivity index (χ2v) is 8.75. The first-order valence-electron chi connectivity index (χ1n) is 6.77. The summed E-state index contributed by atoms with van der Waals surface area (Å²) in [4.78, 5) is -0.189. The van der Waals surface area contributed by atoms with E-state index in [-0.39, 0.29) is 16.3 Å². The van der Waals surface area contributed by atoms with E-state index in [4.69, 9.17) is 0 Å². The van der Waals surface area contributed by atoms with E-state index in [1.807, 2.05) is 0 Å². The molecule has 0 saturated carbocycles. The Balaban J connectivity index is 2.29. The maximum atomic E-state index is 14.0. The van der Waals surface area contributed by atoms with Crippen LogP contribution in [0.1, 0.15) is 6.92 Å². The van der Waals surface area contributed by atoms with Crippen LogP contribution < -0.4 is 10.0 Å². The third kappa shape index (κ3) is 3.75. The first-order valence-corrected chi connectivity index (χ1v) is 9.86. The smallest absolute Gasteiger partial charge is 0.243 e. The second kappa shape index (κ2) is 6.49. The number of hydrogen-bond donors (Lipinski definition) is 2. The normalized spacial score (nSPS) is 17.4. The molecule has 1 aromatic rings. The number of benzene rings is 1. The van der Waals surface area contributed by atoms with E-state index in [2.05, 4.69) is 10.0 Å². The Morgan fingerprint density at radius 2 is 1.86 bits per heavy atom. The Labute approximate surface area is 129 Å². The average molecular weight is 351 g/mol. The third-order valence-corrected chi connectivity index (χ3v) is 6.49. The maximum absolute atomic E-state index is 14.0. The number of nitrogens with one attached hydrogen (secondary N) is 2. The number of piperazine rings is 1. The van der Waals surface area contributed by atoms with Gasteiger partial charge in [-0.25, -0.2) is 21.2 Å². The molecule has 1 heterocycles. The Morgan fingerprint density at radius 1 is 1.23 bits per heavy atom. The van der Waals surface area contributed by atoms with Gasteiger partial charge >= 0.3 is 0 Å². The summed E-state index contributed by atoms with van der Waals surface area (Å²) >= 11 is 0. The van der Waals surface area contributed by atoms with Gasteiger partial charge in [0.15, 0.2) is 0 Å². The maximum Gasteiger partial charge on any atom is 0.243 e. The van der Waals surface area contributed by atoms with Gasteiger partial charge in [-0.3, -0.25) is 4.72 Å². The van der Waals surface area contributed by atoms with E-state index < -0.39 is 25.9 Å². The summed E-state index contributed by atoms with van der Waals surface area (Å²) in [5.41, 5.74) is -0.263. The number of rotatable bonds is 5. The number of hydrogen-bond acceptors (Lipinski definition) is 5. The molecule has 0 bridgehead atoms. The summed E-state index contributed by atoms with van der Waals surface area (Å²) in [5, 5.41) is 3.03. The molecule has 1 aliphatic rings. The molecule has 124 valence electrons. The molecule has 2 rings (SSSR count). The van der Waals surface area contributed by atoms with Crippen molar-refractivity contribution in [3.05, 3.63) is 24.0 Å². The van der Waals surface area contributed by atoms with Crippen LogP contribution in [0.3, 0.4) is 0 Å². The summed E-state index contributed by atoms with van der Waals surface area (Å²) in [6.45, 7) is 3.12. The molecule has 1 aromatic carbocycles. The molecule has 2 N–H and O–H groups in total. The van der Waals surface area contributed by atoms with Crippen LogP contribution in [0, 0.1) is 5.82 Å². The van der Waals surface area contributed by atoms with E-state index in [9.17, 15) is 21.2 Å². The van der Waals surface area contributed by atoms with Gasteiger partial charge in [0.05, 0.1) is 16.3 Å². The molecule has 0 aliphatic carbocycles. The standard InChI is InChI=1S/C12H18FN3O4S2/c1-2-21(17,18)15-12-4-3-10(9-11(12)13)22(19,20)16-7-5-14-6-8-16/h3-4,9,14-15H,2,5-8H2,1H3. The van der Waals surface area contributed by atoms with E-state index >= 15 is 0 Å². The van der Waals surface area contributed by atoms with Gasteiger partial charge in [0, 0.05) is 26.2 Å². The van der Waals surface area contributed by atoms with E-state index in [0.717, 1.165) is 12.1 Å². The van der Waals surface area contributed by atoms with Crippen LogP contribution in [0.4, 0.5) is 10.1 Å². The molecule has 0 spiro atoms. The van der Waals surface area contributed by atoms with Crippen LogP contribution in [0.2, 0.25) is 0 Å². The highest BCUT2D eigenvalue weighted by Gasteiger charge is 2.26. The monoisotopic (exact) mass is 351 g/mol. The van der Waals surface area contributed by atoms with Crippen molar-refractivity contribution in [1.29, 1.82) is 0 Å². The molecular weight excluding hydrogens is 333 g/mol. The quantitative estimate of drug-likeness (QED) is 0.789. The molecule has 1 aliphatic heterocycles. The lowest BCUT2D eigenvalue weighted by Gasteiger charge is -2.26. The van der Waals surface area contributed by atoms with Gasteiger partial charge in [0.1, 0.15) is 5.82 Å². The highest BCUT2D eigenvalue weighted by molar-refractivity contribution is 7.92. The first-order chi connectivity index (χ1) is 10.3. The second-order valence-electron chi connectivity index (χ2n) is 4.80. The fourth-order valence-corrected chi connectivity index (χ4v) is 4.11. The lowest BCUT2D eigenvalue weighted by molar-refractivity contribution is 0.360. The summed E-state index contributed by atoms with van der Waals surface area (Å²) in [5.74, 6) is -1.12. The zero-order chi connectivity index (χ0) is 16.4. The lowest BCUT2D eigenvalue weighted by atomic mass is 10.3. The third-order valence-electron chi connectivity index (χ3n) is 3.30. The molecule has 0 unspecified atom stereocenters.